The lowest BCUT2D eigenvalue weighted by Gasteiger charge is -2.33. The van der Waals surface area contributed by atoms with Crippen molar-refractivity contribution in [2.45, 2.75) is 50.4 Å². The van der Waals surface area contributed by atoms with Gasteiger partial charge in [-0.1, -0.05) is 0 Å². The zero-order chi connectivity index (χ0) is 14.2. The number of hydrogen-bond donors (Lipinski definition) is 2. The van der Waals surface area contributed by atoms with E-state index in [1.165, 1.54) is 0 Å². The Labute approximate surface area is 121 Å². The van der Waals surface area contributed by atoms with Crippen molar-refractivity contribution in [2.24, 2.45) is 5.92 Å². The number of nitrogens with one attached hydrogen (secondary N) is 2. The summed E-state index contributed by atoms with van der Waals surface area (Å²) in [5.74, 6) is 0.418. The molecular weight excluding hydrogens is 278 g/mol. The van der Waals surface area contributed by atoms with Crippen molar-refractivity contribution in [3.05, 3.63) is 0 Å². The lowest BCUT2D eigenvalue weighted by Crippen LogP contribution is -2.52. The lowest BCUT2D eigenvalue weighted by molar-refractivity contribution is 0.0993. The fourth-order valence-corrected chi connectivity index (χ4v) is 5.28. The molecule has 6 nitrogen and oxygen atoms in total. The molecule has 3 saturated heterocycles. The summed E-state index contributed by atoms with van der Waals surface area (Å²) < 4.78 is 35.2. The van der Waals surface area contributed by atoms with E-state index in [0.29, 0.717) is 19.0 Å². The highest BCUT2D eigenvalue weighted by atomic mass is 32.2. The topological polar surface area (TPSA) is 70.7 Å². The number of piperidine rings is 1. The quantitative estimate of drug-likeness (QED) is 0.754. The third-order valence-corrected chi connectivity index (χ3v) is 6.33. The van der Waals surface area contributed by atoms with Crippen molar-refractivity contribution >= 4 is 10.2 Å². The van der Waals surface area contributed by atoms with E-state index in [2.05, 4.69) is 10.0 Å². The maximum Gasteiger partial charge on any atom is 0.279 e. The molecule has 7 heteroatoms. The third-order valence-electron chi connectivity index (χ3n) is 4.72. The zero-order valence-electron chi connectivity index (χ0n) is 12.0. The van der Waals surface area contributed by atoms with Gasteiger partial charge in [0.05, 0.1) is 18.2 Å². The standard InChI is InChI=1S/C13H25N3O3S/c1-14-8-10-3-2-6-16(9-10)20(17,18)15-12-7-11-4-5-13(12)19-11/h10-15H,2-9H2,1H3. The highest BCUT2D eigenvalue weighted by molar-refractivity contribution is 7.87. The predicted octanol–water partition coefficient (Wildman–Crippen LogP) is 0.0721. The number of ether oxygens (including phenoxy) is 1. The van der Waals surface area contributed by atoms with Gasteiger partial charge in [-0.3, -0.25) is 0 Å². The largest absolute Gasteiger partial charge is 0.373 e. The molecule has 0 aromatic carbocycles. The molecule has 0 saturated carbocycles. The molecule has 4 unspecified atom stereocenters. The molecule has 0 aliphatic carbocycles. The number of fused-ring (bicyclic) bond motifs is 2. The van der Waals surface area contributed by atoms with E-state index in [-0.39, 0.29) is 18.2 Å². The fraction of sp³-hybridized carbons (Fsp3) is 1.00. The van der Waals surface area contributed by atoms with Crippen molar-refractivity contribution in [2.75, 3.05) is 26.7 Å². The van der Waals surface area contributed by atoms with E-state index in [0.717, 1.165) is 38.6 Å². The Hall–Kier alpha value is -0.210. The van der Waals surface area contributed by atoms with Gasteiger partial charge in [0.2, 0.25) is 0 Å². The first-order valence-corrected chi connectivity index (χ1v) is 9.10. The minimum Gasteiger partial charge on any atom is -0.373 e. The Balaban J connectivity index is 1.60. The van der Waals surface area contributed by atoms with Crippen LogP contribution in [0.4, 0.5) is 0 Å². The van der Waals surface area contributed by atoms with Crippen LogP contribution in [-0.4, -0.2) is 57.7 Å². The van der Waals surface area contributed by atoms with Gasteiger partial charge in [-0.25, -0.2) is 0 Å². The van der Waals surface area contributed by atoms with Crippen LogP contribution in [0.25, 0.3) is 0 Å². The summed E-state index contributed by atoms with van der Waals surface area (Å²) in [6.07, 6.45) is 5.30. The van der Waals surface area contributed by atoms with Crippen LogP contribution in [0.1, 0.15) is 32.1 Å². The van der Waals surface area contributed by atoms with E-state index in [1.54, 1.807) is 4.31 Å². The summed E-state index contributed by atoms with van der Waals surface area (Å²) in [6, 6.07) is -0.0246. The minimum absolute atomic E-state index is 0.0246. The van der Waals surface area contributed by atoms with Gasteiger partial charge in [-0.05, 0) is 51.6 Å². The van der Waals surface area contributed by atoms with Crippen molar-refractivity contribution in [3.8, 4) is 0 Å². The van der Waals surface area contributed by atoms with Gasteiger partial charge in [0.15, 0.2) is 0 Å². The molecule has 4 atom stereocenters. The van der Waals surface area contributed by atoms with Crippen molar-refractivity contribution in [1.29, 1.82) is 0 Å². The molecule has 3 fully saturated rings. The van der Waals surface area contributed by atoms with Crippen LogP contribution in [0.2, 0.25) is 0 Å². The first-order valence-electron chi connectivity index (χ1n) is 7.66. The summed E-state index contributed by atoms with van der Waals surface area (Å²) >= 11 is 0. The van der Waals surface area contributed by atoms with E-state index in [1.807, 2.05) is 7.05 Å². The predicted molar refractivity (Wildman–Crippen MR) is 76.6 cm³/mol. The van der Waals surface area contributed by atoms with Crippen LogP contribution in [0, 0.1) is 5.92 Å². The Morgan fingerprint density at radius 3 is 2.80 bits per heavy atom. The fourth-order valence-electron chi connectivity index (χ4n) is 3.73. The van der Waals surface area contributed by atoms with Gasteiger partial charge in [0, 0.05) is 13.1 Å². The minimum atomic E-state index is -3.36. The highest BCUT2D eigenvalue weighted by Gasteiger charge is 2.43. The van der Waals surface area contributed by atoms with E-state index < -0.39 is 10.2 Å². The summed E-state index contributed by atoms with van der Waals surface area (Å²) in [4.78, 5) is 0. The van der Waals surface area contributed by atoms with Crippen LogP contribution in [-0.2, 0) is 14.9 Å². The molecule has 2 N–H and O–H groups in total. The average molecular weight is 303 g/mol. The van der Waals surface area contributed by atoms with Gasteiger partial charge < -0.3 is 10.1 Å². The second-order valence-corrected chi connectivity index (χ2v) is 7.97. The summed E-state index contributed by atoms with van der Waals surface area (Å²) in [5.41, 5.74) is 0. The molecule has 2 bridgehead atoms. The third kappa shape index (κ3) is 3.01. The van der Waals surface area contributed by atoms with Gasteiger partial charge in [0.25, 0.3) is 10.2 Å². The Morgan fingerprint density at radius 2 is 2.15 bits per heavy atom. The molecule has 0 radical (unpaired) electrons. The maximum atomic E-state index is 12.5. The lowest BCUT2D eigenvalue weighted by atomic mass is 9.96. The molecule has 0 amide bonds. The Bertz CT molecular complexity index is 440. The van der Waals surface area contributed by atoms with Crippen LogP contribution in [0.3, 0.4) is 0 Å². The van der Waals surface area contributed by atoms with Gasteiger partial charge in [-0.15, -0.1) is 0 Å². The Morgan fingerprint density at radius 1 is 1.30 bits per heavy atom. The molecule has 3 rings (SSSR count). The molecule has 3 aliphatic rings. The second kappa shape index (κ2) is 5.88. The van der Waals surface area contributed by atoms with Crippen LogP contribution in [0.5, 0.6) is 0 Å². The molecule has 20 heavy (non-hydrogen) atoms. The Kier molecular flexibility index (Phi) is 4.33. The van der Waals surface area contributed by atoms with Crippen LogP contribution >= 0.6 is 0 Å². The molecule has 3 aliphatic heterocycles. The average Bonchev–Trinajstić information content (AvgIpc) is 3.01. The zero-order valence-corrected chi connectivity index (χ0v) is 12.9. The normalized spacial score (nSPS) is 38.5. The number of rotatable bonds is 5. The summed E-state index contributed by atoms with van der Waals surface area (Å²) in [6.45, 7) is 2.14. The van der Waals surface area contributed by atoms with Crippen LogP contribution in [0.15, 0.2) is 0 Å². The summed E-state index contributed by atoms with van der Waals surface area (Å²) in [7, 11) is -1.45. The number of hydrogen-bond acceptors (Lipinski definition) is 4. The highest BCUT2D eigenvalue weighted by Crippen LogP contribution is 2.35. The molecule has 3 heterocycles. The SMILES string of the molecule is CNCC1CCCN(S(=O)(=O)NC2CC3CCC2O3)C1. The van der Waals surface area contributed by atoms with Gasteiger partial charge in [0.1, 0.15) is 0 Å². The monoisotopic (exact) mass is 303 g/mol. The van der Waals surface area contributed by atoms with Gasteiger partial charge >= 0.3 is 0 Å². The van der Waals surface area contributed by atoms with Crippen molar-refractivity contribution in [1.82, 2.24) is 14.3 Å². The first kappa shape index (κ1) is 14.7. The second-order valence-electron chi connectivity index (χ2n) is 6.26. The van der Waals surface area contributed by atoms with Crippen molar-refractivity contribution in [3.63, 3.8) is 0 Å². The van der Waals surface area contributed by atoms with E-state index in [9.17, 15) is 8.42 Å². The molecule has 0 aromatic rings. The van der Waals surface area contributed by atoms with Gasteiger partial charge in [-0.2, -0.15) is 17.4 Å². The summed E-state index contributed by atoms with van der Waals surface area (Å²) in [5, 5.41) is 3.14. The molecular formula is C13H25N3O3S. The molecule has 0 spiro atoms. The number of nitrogens with zero attached hydrogens (tertiary/aromatic N) is 1. The maximum absolute atomic E-state index is 12.5. The molecule has 0 aromatic heterocycles. The van der Waals surface area contributed by atoms with Crippen LogP contribution < -0.4 is 10.0 Å². The van der Waals surface area contributed by atoms with E-state index in [4.69, 9.17) is 4.74 Å². The molecule has 116 valence electrons. The smallest absolute Gasteiger partial charge is 0.279 e. The van der Waals surface area contributed by atoms with Crippen molar-refractivity contribution < 1.29 is 13.2 Å². The first-order chi connectivity index (χ1) is 9.58. The van der Waals surface area contributed by atoms with E-state index >= 15 is 0 Å².